The molecular formula is C107H139N15O3S. The summed E-state index contributed by atoms with van der Waals surface area (Å²) in [5, 5.41) is 15.7. The fourth-order valence-corrected chi connectivity index (χ4v) is 9.82. The second kappa shape index (κ2) is 62.3. The highest BCUT2D eigenvalue weighted by molar-refractivity contribution is 7.10. The first-order valence-electron chi connectivity index (χ1n) is 42.1. The van der Waals surface area contributed by atoms with E-state index in [0.29, 0.717) is 0 Å². The maximum Gasteiger partial charge on any atom is 0.181 e. The van der Waals surface area contributed by atoms with Gasteiger partial charge in [-0.3, -0.25) is 34.9 Å². The number of allylic oxidation sites excluding steroid dienone is 6. The maximum atomic E-state index is 4.96. The molecule has 666 valence electrons. The molecule has 12 aromatic heterocycles. The van der Waals surface area contributed by atoms with Crippen molar-refractivity contribution in [1.82, 2.24) is 70.2 Å². The minimum atomic E-state index is 0.903. The van der Waals surface area contributed by atoms with Gasteiger partial charge in [0.1, 0.15) is 29.9 Å². The lowest BCUT2D eigenvalue weighted by Gasteiger charge is -2.02. The van der Waals surface area contributed by atoms with Crippen molar-refractivity contribution >= 4 is 28.3 Å². The van der Waals surface area contributed by atoms with Gasteiger partial charge >= 0.3 is 0 Å². The third-order valence-corrected chi connectivity index (χ3v) is 21.5. The average molecular weight is 1720 g/mol. The topological polar surface area (TPSA) is 232 Å². The van der Waals surface area contributed by atoms with E-state index in [1.165, 1.54) is 129 Å². The number of aliphatic imine (C=N–C) groups is 1. The van der Waals surface area contributed by atoms with E-state index in [1.807, 2.05) is 204 Å². The van der Waals surface area contributed by atoms with Gasteiger partial charge in [-0.15, -0.1) is 11.3 Å². The van der Waals surface area contributed by atoms with Crippen LogP contribution in [0.1, 0.15) is 197 Å². The third kappa shape index (κ3) is 47.1. The summed E-state index contributed by atoms with van der Waals surface area (Å²) in [5.74, 6) is 2.82. The lowest BCUT2D eigenvalue weighted by atomic mass is 10.0. The molecule has 0 atom stereocenters. The Morgan fingerprint density at radius 1 is 0.294 bits per heavy atom. The van der Waals surface area contributed by atoms with Crippen LogP contribution in [0.25, 0.3) is 10.8 Å². The molecule has 19 heteroatoms. The van der Waals surface area contributed by atoms with Crippen LogP contribution in [-0.4, -0.2) is 76.4 Å². The van der Waals surface area contributed by atoms with E-state index in [9.17, 15) is 0 Å². The summed E-state index contributed by atoms with van der Waals surface area (Å²) in [4.78, 5) is 49.0. The molecule has 0 unspecified atom stereocenters. The number of oxazole rings is 1. The minimum absolute atomic E-state index is 0.903. The molecule has 0 amide bonds. The molecule has 0 bridgehead atoms. The SMILES string of the molecule is CC1=C(C)CC=C1.CC1=C(C)N=CC1.Cc1cc2ccccc2cc1C.Cc1ccccc1C.Cc1cccnc1C.Cc1cccnc1C.Cc1ccncc1C.Cc1ccncc1C.Cc1ccoc1C.Cc1ccsc1C.Cc1cncnc1C.Cc1cncnc1C.Cc1cnncc1C.Cc1cnoc1C.Cc1nccnc1C.Cc1ncoc1C. The van der Waals surface area contributed by atoms with Crippen molar-refractivity contribution in [3.05, 3.63) is 412 Å². The first-order chi connectivity index (χ1) is 59.8. The number of thiophene rings is 1. The van der Waals surface area contributed by atoms with Crippen molar-refractivity contribution in [3.63, 3.8) is 0 Å². The smallest absolute Gasteiger partial charge is 0.181 e. The largest absolute Gasteiger partial charge is 0.469 e. The van der Waals surface area contributed by atoms with E-state index in [-0.39, 0.29) is 0 Å². The van der Waals surface area contributed by atoms with Gasteiger partial charge in [0.25, 0.3) is 0 Å². The number of pyridine rings is 4. The van der Waals surface area contributed by atoms with E-state index in [1.54, 1.807) is 61.2 Å². The zero-order chi connectivity index (χ0) is 94.1. The van der Waals surface area contributed by atoms with Gasteiger partial charge < -0.3 is 13.4 Å². The number of hydrogen-bond donors (Lipinski definition) is 0. The van der Waals surface area contributed by atoms with E-state index in [0.717, 1.165) is 80.2 Å². The first kappa shape index (κ1) is 109. The number of hydrogen-bond acceptors (Lipinski definition) is 19. The molecule has 0 saturated carbocycles. The highest BCUT2D eigenvalue weighted by Gasteiger charge is 2.01. The summed E-state index contributed by atoms with van der Waals surface area (Å²) in [5.41, 5.74) is 34.4. The van der Waals surface area contributed by atoms with Gasteiger partial charge in [-0.2, -0.15) is 10.2 Å². The van der Waals surface area contributed by atoms with E-state index in [4.69, 9.17) is 13.4 Å². The van der Waals surface area contributed by atoms with Gasteiger partial charge in [-0.25, -0.2) is 24.9 Å². The Bertz CT molecular complexity index is 4610. The van der Waals surface area contributed by atoms with Crippen LogP contribution in [0.5, 0.6) is 0 Å². The van der Waals surface area contributed by atoms with E-state index in [2.05, 4.69) is 275 Å². The highest BCUT2D eigenvalue weighted by Crippen LogP contribution is 2.20. The van der Waals surface area contributed by atoms with Crippen molar-refractivity contribution in [2.75, 3.05) is 0 Å². The van der Waals surface area contributed by atoms with Gasteiger partial charge in [0, 0.05) is 114 Å². The highest BCUT2D eigenvalue weighted by atomic mass is 32.1. The number of aryl methyl sites for hydroxylation is 28. The number of furan rings is 1. The standard InChI is InChI=1S/C12H12.C8H10.4C7H9N.C7H10.4C6H8N2.C6H9N.C6H8O.C6H8S.2C5H7NO/c1-9-7-11-5-3-4-6-12(11)8-10(9)2;1-7-5-3-4-6-8(7)2;2*1-6-3-4-8-5-7(6)2;2*1-6-4-3-5-8-7(6)2;1-6-4-3-5-7(6)2;2*1-5-3-7-4-8-6(5)2;1-5-3-7-8-4-6(5)2;1-5-6(2)8-4-3-7-5;3*1-5-3-4-7-6(5)2;1-4-5(2)7-3-6-4;1-4-3-6-7-5(4)2/h3-8H,1-2H3;3-6H,1-2H3;4*3-5H,1-2H3;3-4H,5H2,1-2H3;4*3-4H,1-2H3;4H,3H2,1-2H3;2*3-4H,1-2H3;2*3H,1-2H3. The van der Waals surface area contributed by atoms with Crippen LogP contribution in [-0.2, 0) is 0 Å². The Morgan fingerprint density at radius 3 is 0.937 bits per heavy atom. The van der Waals surface area contributed by atoms with Crippen molar-refractivity contribution in [1.29, 1.82) is 0 Å². The molecule has 18 nitrogen and oxygen atoms in total. The third-order valence-electron chi connectivity index (χ3n) is 20.5. The summed E-state index contributed by atoms with van der Waals surface area (Å²) >= 11 is 1.80. The van der Waals surface area contributed by atoms with Gasteiger partial charge in [0.05, 0.1) is 41.9 Å². The predicted molar refractivity (Wildman–Crippen MR) is 528 cm³/mol. The minimum Gasteiger partial charge on any atom is -0.469 e. The van der Waals surface area contributed by atoms with Crippen LogP contribution in [0, 0.1) is 194 Å². The van der Waals surface area contributed by atoms with Crippen molar-refractivity contribution in [3.8, 4) is 0 Å². The normalized spacial score (nSPS) is 10.5. The zero-order valence-electron chi connectivity index (χ0n) is 81.3. The van der Waals surface area contributed by atoms with Crippen molar-refractivity contribution in [2.24, 2.45) is 4.99 Å². The van der Waals surface area contributed by atoms with Gasteiger partial charge in [0.15, 0.2) is 6.39 Å². The molecule has 126 heavy (non-hydrogen) atoms. The van der Waals surface area contributed by atoms with Crippen LogP contribution in [0.4, 0.5) is 0 Å². The molecule has 0 saturated heterocycles. The Hall–Kier alpha value is -12.9. The quantitative estimate of drug-likeness (QED) is 0.137. The fraction of sp³-hybridized carbons (Fsp3) is 0.318. The summed E-state index contributed by atoms with van der Waals surface area (Å²) in [6.07, 6.45) is 38.0. The second-order valence-corrected chi connectivity index (χ2v) is 31.7. The average Bonchev–Trinajstić information content (AvgIpc) is 1.12. The van der Waals surface area contributed by atoms with Crippen LogP contribution in [0.15, 0.2) is 273 Å². The van der Waals surface area contributed by atoms with E-state index < -0.39 is 0 Å². The second-order valence-electron chi connectivity index (χ2n) is 30.6. The molecule has 17 rings (SSSR count). The number of aromatic nitrogens is 14. The molecule has 0 spiro atoms. The molecule has 1 aliphatic carbocycles. The molecule has 0 fully saturated rings. The number of fused-ring (bicyclic) bond motifs is 1. The molecule has 1 aliphatic heterocycles. The van der Waals surface area contributed by atoms with Crippen LogP contribution < -0.4 is 0 Å². The summed E-state index contributed by atoms with van der Waals surface area (Å²) in [7, 11) is 0. The van der Waals surface area contributed by atoms with Crippen molar-refractivity contribution in [2.45, 2.75) is 234 Å². The lowest BCUT2D eigenvalue weighted by Crippen LogP contribution is -1.87. The molecular weight excluding hydrogens is 1580 g/mol. The first-order valence-corrected chi connectivity index (χ1v) is 42.9. The summed E-state index contributed by atoms with van der Waals surface area (Å²) < 4.78 is 14.5. The molecule has 0 N–H and O–H groups in total. The molecule has 2 aliphatic rings. The number of benzene rings is 3. The molecule has 13 heterocycles. The van der Waals surface area contributed by atoms with E-state index >= 15 is 0 Å². The Morgan fingerprint density at radius 2 is 0.730 bits per heavy atom. The maximum absolute atomic E-state index is 4.96. The monoisotopic (exact) mass is 1710 g/mol. The number of nitrogens with zero attached hydrogens (tertiary/aromatic N) is 15. The lowest BCUT2D eigenvalue weighted by molar-refractivity contribution is 0.396. The van der Waals surface area contributed by atoms with Crippen LogP contribution in [0.2, 0.25) is 0 Å². The van der Waals surface area contributed by atoms with Gasteiger partial charge in [0.2, 0.25) is 0 Å². The van der Waals surface area contributed by atoms with Gasteiger partial charge in [-0.05, 0) is 375 Å². The van der Waals surface area contributed by atoms with Crippen LogP contribution in [0.3, 0.4) is 0 Å². The molecule has 15 aromatic rings. The van der Waals surface area contributed by atoms with Crippen LogP contribution >= 0.6 is 11.3 Å². The predicted octanol–water partition coefficient (Wildman–Crippen LogP) is 27.8. The zero-order valence-corrected chi connectivity index (χ0v) is 82.1. The summed E-state index contributed by atoms with van der Waals surface area (Å²) in [6.45, 7) is 65.2. The molecule has 3 aromatic carbocycles. The molecule has 0 radical (unpaired) electrons. The van der Waals surface area contributed by atoms with Gasteiger partial charge in [-0.1, -0.05) is 101 Å². The fourth-order valence-electron chi connectivity index (χ4n) is 9.09. The Kier molecular flexibility index (Phi) is 54.0. The Balaban J connectivity index is 0.000000456. The Labute approximate surface area is 758 Å². The number of rotatable bonds is 0. The summed E-state index contributed by atoms with van der Waals surface area (Å²) in [6, 6.07) is 37.4. The van der Waals surface area contributed by atoms with Crippen molar-refractivity contribution < 1.29 is 13.4 Å².